The van der Waals surface area contributed by atoms with Crippen LogP contribution in [0, 0.1) is 30.2 Å². The molecule has 0 aromatic heterocycles. The van der Waals surface area contributed by atoms with Crippen LogP contribution in [0.15, 0.2) is 65.7 Å². The molecule has 2 aliphatic rings. The van der Waals surface area contributed by atoms with Gasteiger partial charge in [-0.05, 0) is 117 Å². The Morgan fingerprint density at radius 1 is 0.841 bits per heavy atom. The number of amides is 1. The lowest BCUT2D eigenvalue weighted by molar-refractivity contribution is -0.113. The Morgan fingerprint density at radius 3 is 2.14 bits per heavy atom. The first kappa shape index (κ1) is 31.2. The smallest absolute Gasteiger partial charge is 0.251 e. The number of nitrogens with zero attached hydrogens (tertiary/aromatic N) is 1. The van der Waals surface area contributed by atoms with Crippen LogP contribution < -0.4 is 10.1 Å². The Bertz CT molecular complexity index is 1540. The predicted molar refractivity (Wildman–Crippen MR) is 161 cm³/mol. The number of carbonyl (C=O) groups excluding carboxylic acids is 2. The van der Waals surface area contributed by atoms with Crippen molar-refractivity contribution in [1.29, 1.82) is 0 Å². The molecule has 1 aliphatic heterocycles. The molecule has 2 fully saturated rings. The highest BCUT2D eigenvalue weighted by atomic mass is 19.2. The molecule has 1 atom stereocenters. The van der Waals surface area contributed by atoms with Crippen molar-refractivity contribution >= 4 is 23.8 Å². The number of ether oxygens (including phenoxy) is 1. The molecule has 0 spiro atoms. The van der Waals surface area contributed by atoms with Crippen LogP contribution in [0.1, 0.15) is 59.2 Å². The van der Waals surface area contributed by atoms with Crippen LogP contribution in [-0.2, 0) is 4.79 Å². The zero-order valence-corrected chi connectivity index (χ0v) is 24.5. The van der Waals surface area contributed by atoms with E-state index in [9.17, 15) is 27.2 Å². The number of nitrogens with one attached hydrogen (secondary N) is 1. The quantitative estimate of drug-likeness (QED) is 0.221. The highest BCUT2D eigenvalue weighted by Gasteiger charge is 2.29. The van der Waals surface area contributed by atoms with Crippen LogP contribution >= 0.6 is 0 Å². The Kier molecular flexibility index (Phi) is 9.95. The zero-order chi connectivity index (χ0) is 31.2. The second-order valence-corrected chi connectivity index (χ2v) is 11.3. The number of hydrogen-bond donors (Lipinski definition) is 1. The molecule has 1 aliphatic carbocycles. The fraction of sp³-hybridized carbons (Fsp3) is 0.314. The number of likely N-dealkylation sites (tertiary alicyclic amines) is 1. The Labute approximate surface area is 254 Å². The van der Waals surface area contributed by atoms with E-state index in [2.05, 4.69) is 10.2 Å². The molecule has 0 radical (unpaired) electrons. The number of ketones is 1. The number of hydrogen-bond acceptors (Lipinski definition) is 4. The Balaban J connectivity index is 1.33. The molecule has 1 amide bonds. The van der Waals surface area contributed by atoms with Gasteiger partial charge in [-0.3, -0.25) is 14.5 Å². The van der Waals surface area contributed by atoms with Gasteiger partial charge in [0.1, 0.15) is 12.4 Å². The molecule has 0 bridgehead atoms. The summed E-state index contributed by atoms with van der Waals surface area (Å²) in [5, 5.41) is 2.88. The number of halogens is 4. The van der Waals surface area contributed by atoms with E-state index in [0.717, 1.165) is 44.1 Å². The topological polar surface area (TPSA) is 58.6 Å². The van der Waals surface area contributed by atoms with Crippen molar-refractivity contribution in [3.63, 3.8) is 0 Å². The van der Waals surface area contributed by atoms with Gasteiger partial charge < -0.3 is 10.1 Å². The SMILES string of the molecule is Cc1cc(/C=C2\CC(NC(=O)c3ccc(OCCN4CCCCC4)c(F)c3)C/C(=C\c3ccc(F)c(F)c3)C2=O)ccc1F. The third kappa shape index (κ3) is 7.82. The van der Waals surface area contributed by atoms with Crippen LogP contribution in [0.3, 0.4) is 0 Å². The van der Waals surface area contributed by atoms with Crippen LogP contribution in [0.2, 0.25) is 0 Å². The van der Waals surface area contributed by atoms with E-state index in [0.29, 0.717) is 29.9 Å². The number of aryl methyl sites for hydroxylation is 1. The van der Waals surface area contributed by atoms with Gasteiger partial charge in [0.25, 0.3) is 5.91 Å². The minimum atomic E-state index is -1.05. The second kappa shape index (κ2) is 14.0. The maximum atomic E-state index is 14.9. The lowest BCUT2D eigenvalue weighted by Crippen LogP contribution is -2.39. The van der Waals surface area contributed by atoms with Crippen LogP contribution in [0.25, 0.3) is 12.2 Å². The lowest BCUT2D eigenvalue weighted by Gasteiger charge is -2.27. The summed E-state index contributed by atoms with van der Waals surface area (Å²) in [6.07, 6.45) is 6.89. The van der Waals surface area contributed by atoms with Gasteiger partial charge in [0.05, 0.1) is 0 Å². The van der Waals surface area contributed by atoms with E-state index < -0.39 is 29.4 Å². The molecule has 1 saturated carbocycles. The van der Waals surface area contributed by atoms with Gasteiger partial charge in [-0.25, -0.2) is 17.6 Å². The summed E-state index contributed by atoms with van der Waals surface area (Å²) >= 11 is 0. The zero-order valence-electron chi connectivity index (χ0n) is 24.5. The van der Waals surface area contributed by atoms with Gasteiger partial charge in [-0.1, -0.05) is 18.6 Å². The fourth-order valence-corrected chi connectivity index (χ4v) is 5.60. The van der Waals surface area contributed by atoms with E-state index >= 15 is 0 Å². The van der Waals surface area contributed by atoms with Crippen molar-refractivity contribution < 1.29 is 31.9 Å². The molecule has 44 heavy (non-hydrogen) atoms. The minimum Gasteiger partial charge on any atom is -0.489 e. The third-order valence-electron chi connectivity index (χ3n) is 7.97. The van der Waals surface area contributed by atoms with E-state index in [1.807, 2.05) is 0 Å². The monoisotopic (exact) mass is 606 g/mol. The molecule has 3 aromatic carbocycles. The first-order chi connectivity index (χ1) is 21.2. The summed E-state index contributed by atoms with van der Waals surface area (Å²) in [5.74, 6) is -3.88. The first-order valence-electron chi connectivity index (χ1n) is 14.8. The van der Waals surface area contributed by atoms with Crippen molar-refractivity contribution in [1.82, 2.24) is 10.2 Å². The number of carbonyl (C=O) groups is 2. The third-order valence-corrected chi connectivity index (χ3v) is 7.97. The number of piperidine rings is 1. The van der Waals surface area contributed by atoms with Gasteiger partial charge in [-0.15, -0.1) is 0 Å². The largest absolute Gasteiger partial charge is 0.489 e. The van der Waals surface area contributed by atoms with Crippen molar-refractivity contribution in [3.8, 4) is 5.75 Å². The van der Waals surface area contributed by atoms with Crippen molar-refractivity contribution in [3.05, 3.63) is 111 Å². The van der Waals surface area contributed by atoms with Gasteiger partial charge in [0.15, 0.2) is 29.0 Å². The summed E-state index contributed by atoms with van der Waals surface area (Å²) in [4.78, 5) is 28.9. The molecule has 5 nitrogen and oxygen atoms in total. The number of rotatable bonds is 8. The molecule has 1 saturated heterocycles. The molecule has 3 aromatic rings. The Morgan fingerprint density at radius 2 is 1.50 bits per heavy atom. The maximum Gasteiger partial charge on any atom is 0.251 e. The standard InChI is InChI=1S/C35H34F4N2O3/c1-22-15-23(5-8-29(22)36)16-26-19-28(20-27(34(26)42)17-24-6-9-30(37)31(38)18-24)40-35(43)25-7-10-33(32(39)21-25)44-14-13-41-11-3-2-4-12-41/h5-10,15-18,21,28H,2-4,11-14,19-20H2,1H3,(H,40,43)/b26-16+,27-17+. The molecule has 5 rings (SSSR count). The number of benzene rings is 3. The first-order valence-corrected chi connectivity index (χ1v) is 14.8. The second-order valence-electron chi connectivity index (χ2n) is 11.3. The highest BCUT2D eigenvalue weighted by molar-refractivity contribution is 6.14. The van der Waals surface area contributed by atoms with E-state index in [1.165, 1.54) is 36.8 Å². The van der Waals surface area contributed by atoms with Gasteiger partial charge >= 0.3 is 0 Å². The molecule has 1 unspecified atom stereocenters. The van der Waals surface area contributed by atoms with Crippen molar-refractivity contribution in [2.75, 3.05) is 26.2 Å². The fourth-order valence-electron chi connectivity index (χ4n) is 5.60. The summed E-state index contributed by atoms with van der Waals surface area (Å²) < 4.78 is 61.7. The van der Waals surface area contributed by atoms with Crippen LogP contribution in [-0.4, -0.2) is 48.9 Å². The lowest BCUT2D eigenvalue weighted by atomic mass is 9.83. The summed E-state index contributed by atoms with van der Waals surface area (Å²) in [5.41, 5.74) is 2.02. The summed E-state index contributed by atoms with van der Waals surface area (Å²) in [6.45, 7) is 4.68. The summed E-state index contributed by atoms with van der Waals surface area (Å²) in [7, 11) is 0. The minimum absolute atomic E-state index is 0.0679. The van der Waals surface area contributed by atoms with E-state index in [4.69, 9.17) is 4.74 Å². The van der Waals surface area contributed by atoms with Crippen molar-refractivity contribution in [2.45, 2.75) is 45.1 Å². The average molecular weight is 607 g/mol. The molecular weight excluding hydrogens is 572 g/mol. The van der Waals surface area contributed by atoms with Crippen LogP contribution in [0.5, 0.6) is 5.75 Å². The van der Waals surface area contributed by atoms with Gasteiger partial charge in [-0.2, -0.15) is 0 Å². The van der Waals surface area contributed by atoms with Gasteiger partial charge in [0.2, 0.25) is 0 Å². The van der Waals surface area contributed by atoms with E-state index in [-0.39, 0.29) is 46.9 Å². The van der Waals surface area contributed by atoms with Crippen LogP contribution in [0.4, 0.5) is 17.6 Å². The number of Topliss-reactive ketones (excluding diaryl/α,β-unsaturated/α-hetero) is 1. The van der Waals surface area contributed by atoms with Gasteiger partial charge in [0, 0.05) is 29.3 Å². The molecule has 1 N–H and O–H groups in total. The highest BCUT2D eigenvalue weighted by Crippen LogP contribution is 2.30. The molecule has 230 valence electrons. The predicted octanol–water partition coefficient (Wildman–Crippen LogP) is 7.04. The average Bonchev–Trinajstić information content (AvgIpc) is 3.00. The Hall–Kier alpha value is -4.24. The summed E-state index contributed by atoms with van der Waals surface area (Å²) in [6, 6.07) is 11.3. The van der Waals surface area contributed by atoms with Crippen molar-refractivity contribution in [2.24, 2.45) is 0 Å². The molecule has 9 heteroatoms. The van der Waals surface area contributed by atoms with E-state index in [1.54, 1.807) is 25.1 Å². The maximum absolute atomic E-state index is 14.9. The molecule has 1 heterocycles. The molecular formula is C35H34F4N2O3. The normalized spacial score (nSPS) is 19.4.